The van der Waals surface area contributed by atoms with Gasteiger partial charge in [-0.2, -0.15) is 0 Å². The topological polar surface area (TPSA) is 87.6 Å². The lowest BCUT2D eigenvalue weighted by Crippen LogP contribution is -2.56. The van der Waals surface area contributed by atoms with Crippen LogP contribution in [0.4, 0.5) is 0 Å². The molecule has 4 N–H and O–H groups in total. The molecular weight excluding hydrogens is 256 g/mol. The summed E-state index contributed by atoms with van der Waals surface area (Å²) in [4.78, 5) is 11.4. The number of carbonyl (C=O) groups is 1. The van der Waals surface area contributed by atoms with Crippen LogP contribution in [-0.4, -0.2) is 24.2 Å². The molecule has 110 valence electrons. The maximum Gasteiger partial charge on any atom is 0.237 e. The third kappa shape index (κ3) is 3.42. The van der Waals surface area contributed by atoms with Gasteiger partial charge in [-0.25, -0.2) is 0 Å². The molecule has 5 heteroatoms. The number of benzene rings is 1. The Labute approximate surface area is 119 Å². The van der Waals surface area contributed by atoms with Gasteiger partial charge in [0.15, 0.2) is 0 Å². The molecule has 1 saturated carbocycles. The number of rotatable bonds is 5. The monoisotopic (exact) mass is 278 g/mol. The Morgan fingerprint density at radius 3 is 2.60 bits per heavy atom. The zero-order valence-electron chi connectivity index (χ0n) is 11.8. The minimum atomic E-state index is -0.936. The normalized spacial score (nSPS) is 26.0. The van der Waals surface area contributed by atoms with Crippen molar-refractivity contribution in [2.45, 2.75) is 44.2 Å². The van der Waals surface area contributed by atoms with E-state index in [-0.39, 0.29) is 6.10 Å². The van der Waals surface area contributed by atoms with Crippen molar-refractivity contribution < 1.29 is 14.3 Å². The number of carbonyl (C=O) groups excluding carboxylic acids is 1. The van der Waals surface area contributed by atoms with Crippen LogP contribution in [0.5, 0.6) is 11.5 Å². The molecule has 1 amide bonds. The van der Waals surface area contributed by atoms with Crippen molar-refractivity contribution in [3.8, 4) is 11.5 Å². The summed E-state index contributed by atoms with van der Waals surface area (Å²) in [5.41, 5.74) is 10.5. The van der Waals surface area contributed by atoms with Gasteiger partial charge in [-0.15, -0.1) is 0 Å². The number of ether oxygens (including phenoxy) is 2. The summed E-state index contributed by atoms with van der Waals surface area (Å²) in [7, 11) is 0. The molecule has 20 heavy (non-hydrogen) atoms. The molecule has 2 unspecified atom stereocenters. The quantitative estimate of drug-likeness (QED) is 0.856. The molecule has 1 aromatic rings. The average Bonchev–Trinajstić information content (AvgIpc) is 2.41. The van der Waals surface area contributed by atoms with Crippen molar-refractivity contribution in [3.63, 3.8) is 0 Å². The van der Waals surface area contributed by atoms with Crippen molar-refractivity contribution in [1.82, 2.24) is 0 Å². The summed E-state index contributed by atoms with van der Waals surface area (Å²) in [5.74, 6) is 1.12. The van der Waals surface area contributed by atoms with Gasteiger partial charge in [0, 0.05) is 6.42 Å². The Kier molecular flexibility index (Phi) is 4.49. The summed E-state index contributed by atoms with van der Waals surface area (Å²) >= 11 is 0. The van der Waals surface area contributed by atoms with Gasteiger partial charge in [0.05, 0.1) is 12.1 Å². The van der Waals surface area contributed by atoms with Gasteiger partial charge in [0.25, 0.3) is 0 Å². The van der Waals surface area contributed by atoms with E-state index in [0.29, 0.717) is 19.4 Å². The molecule has 0 aromatic heterocycles. The highest BCUT2D eigenvalue weighted by Gasteiger charge is 2.38. The summed E-state index contributed by atoms with van der Waals surface area (Å²) < 4.78 is 11.3. The number of hydrogen-bond donors (Lipinski definition) is 2. The van der Waals surface area contributed by atoms with E-state index in [1.807, 2.05) is 31.2 Å². The van der Waals surface area contributed by atoms with Crippen LogP contribution < -0.4 is 20.9 Å². The highest BCUT2D eigenvalue weighted by molar-refractivity contribution is 5.84. The first kappa shape index (κ1) is 14.7. The third-order valence-electron chi connectivity index (χ3n) is 3.67. The minimum absolute atomic E-state index is 0.0702. The van der Waals surface area contributed by atoms with E-state index < -0.39 is 11.4 Å². The van der Waals surface area contributed by atoms with Gasteiger partial charge in [-0.05, 0) is 50.5 Å². The third-order valence-corrected chi connectivity index (χ3v) is 3.67. The second kappa shape index (κ2) is 6.13. The maximum absolute atomic E-state index is 11.4. The van der Waals surface area contributed by atoms with Crippen LogP contribution in [-0.2, 0) is 4.79 Å². The van der Waals surface area contributed by atoms with E-state index in [1.54, 1.807) is 0 Å². The Morgan fingerprint density at radius 1 is 1.35 bits per heavy atom. The molecular formula is C15H22N2O3. The fourth-order valence-corrected chi connectivity index (χ4v) is 2.55. The highest BCUT2D eigenvalue weighted by Crippen LogP contribution is 2.29. The summed E-state index contributed by atoms with van der Waals surface area (Å²) in [6.45, 7) is 2.58. The summed E-state index contributed by atoms with van der Waals surface area (Å²) in [6, 6.07) is 7.46. The molecule has 0 bridgehead atoms. The van der Waals surface area contributed by atoms with Crippen molar-refractivity contribution >= 4 is 5.91 Å². The second-order valence-electron chi connectivity index (χ2n) is 5.26. The van der Waals surface area contributed by atoms with Gasteiger partial charge in [0.1, 0.15) is 17.6 Å². The lowest BCUT2D eigenvalue weighted by molar-refractivity contribution is -0.125. The predicted octanol–water partition coefficient (Wildman–Crippen LogP) is 1.59. The maximum atomic E-state index is 11.4. The SMILES string of the molecule is CCOc1ccc(OC2CCCC(N)(C(N)=O)C2)cc1. The number of hydrogen-bond acceptors (Lipinski definition) is 4. The average molecular weight is 278 g/mol. The molecule has 0 spiro atoms. The van der Waals surface area contributed by atoms with Crippen LogP contribution in [0.1, 0.15) is 32.6 Å². The van der Waals surface area contributed by atoms with E-state index in [2.05, 4.69) is 0 Å². The first-order valence-corrected chi connectivity index (χ1v) is 7.02. The second-order valence-corrected chi connectivity index (χ2v) is 5.26. The lowest BCUT2D eigenvalue weighted by Gasteiger charge is -2.35. The van der Waals surface area contributed by atoms with E-state index in [1.165, 1.54) is 0 Å². The minimum Gasteiger partial charge on any atom is -0.494 e. The molecule has 2 rings (SSSR count). The largest absolute Gasteiger partial charge is 0.494 e. The van der Waals surface area contributed by atoms with E-state index in [4.69, 9.17) is 20.9 Å². The predicted molar refractivity (Wildman–Crippen MR) is 76.6 cm³/mol. The number of nitrogens with two attached hydrogens (primary N) is 2. The number of primary amides is 1. The van der Waals surface area contributed by atoms with E-state index in [0.717, 1.165) is 24.3 Å². The molecule has 0 aliphatic heterocycles. The van der Waals surface area contributed by atoms with Crippen LogP contribution in [0.2, 0.25) is 0 Å². The Bertz CT molecular complexity index is 461. The fourth-order valence-electron chi connectivity index (χ4n) is 2.55. The molecule has 1 aromatic carbocycles. The van der Waals surface area contributed by atoms with Crippen LogP contribution in [0.15, 0.2) is 24.3 Å². The van der Waals surface area contributed by atoms with E-state index >= 15 is 0 Å². The van der Waals surface area contributed by atoms with Crippen molar-refractivity contribution in [3.05, 3.63) is 24.3 Å². The molecule has 0 saturated heterocycles. The van der Waals surface area contributed by atoms with Crippen LogP contribution in [0.25, 0.3) is 0 Å². The van der Waals surface area contributed by atoms with Crippen molar-refractivity contribution in [2.24, 2.45) is 11.5 Å². The molecule has 0 heterocycles. The van der Waals surface area contributed by atoms with Gasteiger partial charge < -0.3 is 20.9 Å². The van der Waals surface area contributed by atoms with Crippen molar-refractivity contribution in [1.29, 1.82) is 0 Å². The van der Waals surface area contributed by atoms with Gasteiger partial charge in [0.2, 0.25) is 5.91 Å². The Balaban J connectivity index is 1.97. The first-order valence-electron chi connectivity index (χ1n) is 7.02. The van der Waals surface area contributed by atoms with Gasteiger partial charge in [-0.1, -0.05) is 0 Å². The molecule has 0 radical (unpaired) electrons. The number of amides is 1. The van der Waals surface area contributed by atoms with Gasteiger partial charge >= 0.3 is 0 Å². The fraction of sp³-hybridized carbons (Fsp3) is 0.533. The molecule has 1 aliphatic rings. The lowest BCUT2D eigenvalue weighted by atomic mass is 9.80. The van der Waals surface area contributed by atoms with Crippen LogP contribution in [0, 0.1) is 0 Å². The van der Waals surface area contributed by atoms with Crippen LogP contribution >= 0.6 is 0 Å². The Morgan fingerprint density at radius 2 is 2.00 bits per heavy atom. The van der Waals surface area contributed by atoms with E-state index in [9.17, 15) is 4.79 Å². The smallest absolute Gasteiger partial charge is 0.237 e. The molecule has 5 nitrogen and oxygen atoms in total. The molecule has 2 atom stereocenters. The summed E-state index contributed by atoms with van der Waals surface area (Å²) in [6.07, 6.45) is 2.76. The van der Waals surface area contributed by atoms with Gasteiger partial charge in [-0.3, -0.25) is 4.79 Å². The zero-order valence-corrected chi connectivity index (χ0v) is 11.8. The molecule has 1 fully saturated rings. The van der Waals surface area contributed by atoms with Crippen molar-refractivity contribution in [2.75, 3.05) is 6.61 Å². The Hall–Kier alpha value is -1.75. The van der Waals surface area contributed by atoms with Crippen LogP contribution in [0.3, 0.4) is 0 Å². The highest BCUT2D eigenvalue weighted by atomic mass is 16.5. The standard InChI is InChI=1S/C15H22N2O3/c1-2-19-11-5-7-12(8-6-11)20-13-4-3-9-15(17,10-13)14(16)18/h5-8,13H,2-4,9-10,17H2,1H3,(H2,16,18). The molecule has 1 aliphatic carbocycles. The first-order chi connectivity index (χ1) is 9.53. The summed E-state index contributed by atoms with van der Waals surface area (Å²) in [5, 5.41) is 0. The zero-order chi connectivity index (χ0) is 14.6.